The van der Waals surface area contributed by atoms with E-state index in [1.807, 2.05) is 19.1 Å². The Hall–Kier alpha value is -1.96. The van der Waals surface area contributed by atoms with Crippen molar-refractivity contribution >= 4 is 5.69 Å². The number of phenolic OH excluding ortho intramolecular Hbond substituents is 1. The van der Waals surface area contributed by atoms with E-state index in [-0.39, 0.29) is 0 Å². The summed E-state index contributed by atoms with van der Waals surface area (Å²) in [5, 5.41) is 12.7. The summed E-state index contributed by atoms with van der Waals surface area (Å²) in [5.74, 6) is 0.316. The molecule has 2 aromatic carbocycles. The Morgan fingerprint density at radius 3 is 2.53 bits per heavy atom. The first-order valence-electron chi connectivity index (χ1n) is 5.83. The first-order valence-corrected chi connectivity index (χ1v) is 5.83. The number of phenols is 1. The SMILES string of the molecule is Cc1cc(O)ccc1NCCc1ccccc1. The van der Waals surface area contributed by atoms with E-state index in [0.29, 0.717) is 5.75 Å². The van der Waals surface area contributed by atoms with Crippen molar-refractivity contribution in [2.24, 2.45) is 0 Å². The van der Waals surface area contributed by atoms with E-state index in [4.69, 9.17) is 0 Å². The van der Waals surface area contributed by atoms with Crippen LogP contribution in [-0.2, 0) is 6.42 Å². The number of aromatic hydroxyl groups is 1. The molecule has 0 aromatic heterocycles. The van der Waals surface area contributed by atoms with Crippen molar-refractivity contribution < 1.29 is 5.11 Å². The van der Waals surface area contributed by atoms with Gasteiger partial charge in [-0.15, -0.1) is 0 Å². The van der Waals surface area contributed by atoms with E-state index in [1.54, 1.807) is 12.1 Å². The number of aryl methyl sites for hydroxylation is 1. The largest absolute Gasteiger partial charge is 0.508 e. The van der Waals surface area contributed by atoms with Crippen LogP contribution >= 0.6 is 0 Å². The van der Waals surface area contributed by atoms with Gasteiger partial charge in [0.1, 0.15) is 5.75 Å². The molecule has 0 bridgehead atoms. The van der Waals surface area contributed by atoms with Crippen LogP contribution in [0.25, 0.3) is 0 Å². The van der Waals surface area contributed by atoms with E-state index in [0.717, 1.165) is 24.2 Å². The van der Waals surface area contributed by atoms with Crippen molar-refractivity contribution in [3.63, 3.8) is 0 Å². The third-order valence-electron chi connectivity index (χ3n) is 2.78. The molecule has 0 saturated carbocycles. The first kappa shape index (κ1) is 11.5. The summed E-state index contributed by atoms with van der Waals surface area (Å²) in [6.07, 6.45) is 1.00. The van der Waals surface area contributed by atoms with E-state index in [1.165, 1.54) is 5.56 Å². The van der Waals surface area contributed by atoms with Crippen LogP contribution in [0, 0.1) is 6.92 Å². The number of nitrogens with one attached hydrogen (secondary N) is 1. The maximum atomic E-state index is 9.31. The summed E-state index contributed by atoms with van der Waals surface area (Å²) in [6.45, 7) is 2.89. The minimum atomic E-state index is 0.316. The van der Waals surface area contributed by atoms with Crippen LogP contribution in [0.4, 0.5) is 5.69 Å². The fourth-order valence-electron chi connectivity index (χ4n) is 1.83. The second kappa shape index (κ2) is 5.39. The highest BCUT2D eigenvalue weighted by Gasteiger charge is 1.98. The summed E-state index contributed by atoms with van der Waals surface area (Å²) in [7, 11) is 0. The molecule has 2 nitrogen and oxygen atoms in total. The lowest BCUT2D eigenvalue weighted by molar-refractivity contribution is 0.475. The molecule has 0 heterocycles. The minimum absolute atomic E-state index is 0.316. The van der Waals surface area contributed by atoms with Crippen molar-refractivity contribution in [2.75, 3.05) is 11.9 Å². The summed E-state index contributed by atoms with van der Waals surface area (Å²) in [5.41, 5.74) is 3.48. The molecule has 2 rings (SSSR count). The molecule has 0 fully saturated rings. The second-order valence-electron chi connectivity index (χ2n) is 4.16. The predicted molar refractivity (Wildman–Crippen MR) is 71.5 cm³/mol. The Morgan fingerprint density at radius 2 is 1.82 bits per heavy atom. The van der Waals surface area contributed by atoms with Gasteiger partial charge in [0, 0.05) is 12.2 Å². The molecule has 0 aliphatic rings. The zero-order chi connectivity index (χ0) is 12.1. The molecule has 0 unspecified atom stereocenters. The highest BCUT2D eigenvalue weighted by Crippen LogP contribution is 2.19. The highest BCUT2D eigenvalue weighted by atomic mass is 16.3. The average Bonchev–Trinajstić information content (AvgIpc) is 2.33. The normalized spacial score (nSPS) is 10.2. The topological polar surface area (TPSA) is 32.3 Å². The molecule has 88 valence electrons. The molecule has 0 radical (unpaired) electrons. The Kier molecular flexibility index (Phi) is 3.66. The molecule has 0 aliphatic heterocycles. The van der Waals surface area contributed by atoms with Crippen LogP contribution in [-0.4, -0.2) is 11.7 Å². The van der Waals surface area contributed by atoms with Crippen LogP contribution in [0.2, 0.25) is 0 Å². The van der Waals surface area contributed by atoms with Gasteiger partial charge in [0.05, 0.1) is 0 Å². The second-order valence-corrected chi connectivity index (χ2v) is 4.16. The molecule has 17 heavy (non-hydrogen) atoms. The van der Waals surface area contributed by atoms with Gasteiger partial charge in [0.25, 0.3) is 0 Å². The fraction of sp³-hybridized carbons (Fsp3) is 0.200. The van der Waals surface area contributed by atoms with Gasteiger partial charge in [-0.25, -0.2) is 0 Å². The average molecular weight is 227 g/mol. The maximum Gasteiger partial charge on any atom is 0.115 e. The third-order valence-corrected chi connectivity index (χ3v) is 2.78. The molecule has 0 aliphatic carbocycles. The monoisotopic (exact) mass is 227 g/mol. The molecular formula is C15H17NO. The molecular weight excluding hydrogens is 210 g/mol. The summed E-state index contributed by atoms with van der Waals surface area (Å²) in [6, 6.07) is 15.8. The van der Waals surface area contributed by atoms with Gasteiger partial charge in [-0.1, -0.05) is 30.3 Å². The van der Waals surface area contributed by atoms with Gasteiger partial charge in [-0.3, -0.25) is 0 Å². The van der Waals surface area contributed by atoms with Crippen molar-refractivity contribution in [2.45, 2.75) is 13.3 Å². The van der Waals surface area contributed by atoms with Crippen molar-refractivity contribution in [1.29, 1.82) is 0 Å². The standard InChI is InChI=1S/C15H17NO/c1-12-11-14(17)7-8-15(12)16-10-9-13-5-3-2-4-6-13/h2-8,11,16-17H,9-10H2,1H3. The fourth-order valence-corrected chi connectivity index (χ4v) is 1.83. The van der Waals surface area contributed by atoms with Gasteiger partial charge < -0.3 is 10.4 Å². The summed E-state index contributed by atoms with van der Waals surface area (Å²) >= 11 is 0. The van der Waals surface area contributed by atoms with Crippen molar-refractivity contribution in [1.82, 2.24) is 0 Å². The van der Waals surface area contributed by atoms with Crippen molar-refractivity contribution in [3.05, 3.63) is 59.7 Å². The maximum absolute atomic E-state index is 9.31. The van der Waals surface area contributed by atoms with Crippen LogP contribution in [0.5, 0.6) is 5.75 Å². The van der Waals surface area contributed by atoms with E-state index < -0.39 is 0 Å². The molecule has 0 amide bonds. The number of rotatable bonds is 4. The molecule has 0 spiro atoms. The molecule has 2 aromatic rings. The quantitative estimate of drug-likeness (QED) is 0.785. The van der Waals surface area contributed by atoms with Gasteiger partial charge >= 0.3 is 0 Å². The van der Waals surface area contributed by atoms with Gasteiger partial charge in [-0.2, -0.15) is 0 Å². The van der Waals surface area contributed by atoms with E-state index >= 15 is 0 Å². The first-order chi connectivity index (χ1) is 8.25. The number of benzene rings is 2. The number of hydrogen-bond donors (Lipinski definition) is 2. The zero-order valence-corrected chi connectivity index (χ0v) is 9.98. The smallest absolute Gasteiger partial charge is 0.115 e. The van der Waals surface area contributed by atoms with Gasteiger partial charge in [0.15, 0.2) is 0 Å². The van der Waals surface area contributed by atoms with Crippen LogP contribution < -0.4 is 5.32 Å². The summed E-state index contributed by atoms with van der Waals surface area (Å²) < 4.78 is 0. The Labute approximate surface area is 102 Å². The minimum Gasteiger partial charge on any atom is -0.508 e. The summed E-state index contributed by atoms with van der Waals surface area (Å²) in [4.78, 5) is 0. The van der Waals surface area contributed by atoms with Crippen LogP contribution in [0.1, 0.15) is 11.1 Å². The lowest BCUT2D eigenvalue weighted by atomic mass is 10.1. The van der Waals surface area contributed by atoms with Gasteiger partial charge in [-0.05, 0) is 42.7 Å². The van der Waals surface area contributed by atoms with Crippen LogP contribution in [0.15, 0.2) is 48.5 Å². The molecule has 2 N–H and O–H groups in total. The number of hydrogen-bond acceptors (Lipinski definition) is 2. The van der Waals surface area contributed by atoms with E-state index in [9.17, 15) is 5.11 Å². The highest BCUT2D eigenvalue weighted by molar-refractivity contribution is 5.53. The number of anilines is 1. The van der Waals surface area contributed by atoms with Crippen molar-refractivity contribution in [3.8, 4) is 5.75 Å². The third kappa shape index (κ3) is 3.25. The Morgan fingerprint density at radius 1 is 1.06 bits per heavy atom. The Bertz CT molecular complexity index is 480. The zero-order valence-electron chi connectivity index (χ0n) is 9.98. The molecule has 0 atom stereocenters. The van der Waals surface area contributed by atoms with Gasteiger partial charge in [0.2, 0.25) is 0 Å². The Balaban J connectivity index is 1.90. The van der Waals surface area contributed by atoms with E-state index in [2.05, 4.69) is 29.6 Å². The predicted octanol–water partition coefficient (Wildman–Crippen LogP) is 3.36. The van der Waals surface area contributed by atoms with Crippen LogP contribution in [0.3, 0.4) is 0 Å². The lowest BCUT2D eigenvalue weighted by Crippen LogP contribution is -2.05. The molecule has 2 heteroatoms. The molecule has 0 saturated heterocycles. The lowest BCUT2D eigenvalue weighted by Gasteiger charge is -2.09.